The molecule has 54 valence electrons. The van der Waals surface area contributed by atoms with Crippen LogP contribution in [-0.4, -0.2) is 11.7 Å². The van der Waals surface area contributed by atoms with Crippen LogP contribution in [0.5, 0.6) is 0 Å². The number of nitrogens with two attached hydrogens (primary N) is 1. The van der Waals surface area contributed by atoms with E-state index in [0.29, 0.717) is 0 Å². The molecule has 0 saturated heterocycles. The monoisotopic (exact) mass is 131 g/mol. The van der Waals surface area contributed by atoms with E-state index in [2.05, 4.69) is 0 Å². The molecule has 9 heavy (non-hydrogen) atoms. The van der Waals surface area contributed by atoms with E-state index < -0.39 is 11.7 Å². The van der Waals surface area contributed by atoms with Gasteiger partial charge in [-0.15, -0.1) is 0 Å². The number of alkyl halides is 1. The third-order valence-corrected chi connectivity index (χ3v) is 2.33. The summed E-state index contributed by atoms with van der Waals surface area (Å²) >= 11 is 0. The summed E-state index contributed by atoms with van der Waals surface area (Å²) in [4.78, 5) is 0. The molecule has 0 aromatic carbocycles. The smallest absolute Gasteiger partial charge is 0.115 e. The first kappa shape index (κ1) is 7.00. The van der Waals surface area contributed by atoms with Crippen molar-refractivity contribution in [2.75, 3.05) is 0 Å². The van der Waals surface area contributed by atoms with Gasteiger partial charge >= 0.3 is 0 Å². The fourth-order valence-corrected chi connectivity index (χ4v) is 1.43. The lowest BCUT2D eigenvalue weighted by molar-refractivity contribution is 0.211. The molecule has 1 rings (SSSR count). The second-order valence-electron chi connectivity index (χ2n) is 3.06. The highest BCUT2D eigenvalue weighted by molar-refractivity contribution is 4.93. The zero-order chi connectivity index (χ0) is 6.91. The lowest BCUT2D eigenvalue weighted by atomic mass is 9.94. The molecule has 1 saturated carbocycles. The van der Waals surface area contributed by atoms with Gasteiger partial charge in [0.25, 0.3) is 0 Å². The molecule has 1 fully saturated rings. The van der Waals surface area contributed by atoms with E-state index in [9.17, 15) is 4.39 Å². The van der Waals surface area contributed by atoms with Crippen LogP contribution < -0.4 is 5.73 Å². The van der Waals surface area contributed by atoms with Crippen LogP contribution in [0, 0.1) is 0 Å². The van der Waals surface area contributed by atoms with Gasteiger partial charge in [-0.1, -0.05) is 12.8 Å². The Bertz CT molecular complexity index is 95.1. The second kappa shape index (κ2) is 2.25. The maximum Gasteiger partial charge on any atom is 0.115 e. The largest absolute Gasteiger partial charge is 0.323 e. The Balaban J connectivity index is 2.51. The normalized spacial score (nSPS) is 28.3. The van der Waals surface area contributed by atoms with Gasteiger partial charge in [-0.25, -0.2) is 4.39 Å². The Labute approximate surface area is 55.4 Å². The molecule has 0 bridgehead atoms. The summed E-state index contributed by atoms with van der Waals surface area (Å²) in [7, 11) is 0. The highest BCUT2D eigenvalue weighted by Crippen LogP contribution is 2.31. The van der Waals surface area contributed by atoms with Crippen molar-refractivity contribution < 1.29 is 4.39 Å². The molecule has 1 nitrogen and oxygen atoms in total. The van der Waals surface area contributed by atoms with Gasteiger partial charge in [-0.05, 0) is 19.8 Å². The third kappa shape index (κ3) is 1.23. The summed E-state index contributed by atoms with van der Waals surface area (Å²) < 4.78 is 12.7. The van der Waals surface area contributed by atoms with Gasteiger partial charge in [0.05, 0.1) is 0 Å². The first-order valence-corrected chi connectivity index (χ1v) is 3.58. The van der Waals surface area contributed by atoms with E-state index in [0.717, 1.165) is 25.7 Å². The average molecular weight is 131 g/mol. The molecular formula is C7H14FN. The van der Waals surface area contributed by atoms with Crippen molar-refractivity contribution in [3.05, 3.63) is 0 Å². The number of hydrogen-bond acceptors (Lipinski definition) is 1. The van der Waals surface area contributed by atoms with Gasteiger partial charge in [0.2, 0.25) is 0 Å². The van der Waals surface area contributed by atoms with Crippen molar-refractivity contribution in [1.29, 1.82) is 0 Å². The molecule has 2 heteroatoms. The molecular weight excluding hydrogens is 117 g/mol. The van der Waals surface area contributed by atoms with Crippen LogP contribution in [0.15, 0.2) is 0 Å². The van der Waals surface area contributed by atoms with Crippen LogP contribution in [0.1, 0.15) is 32.6 Å². The highest BCUT2D eigenvalue weighted by atomic mass is 19.1. The lowest BCUT2D eigenvalue weighted by Gasteiger charge is -2.24. The third-order valence-electron chi connectivity index (χ3n) is 2.33. The maximum absolute atomic E-state index is 12.7. The summed E-state index contributed by atoms with van der Waals surface area (Å²) in [5, 5.41) is 0. The Morgan fingerprint density at radius 1 is 1.44 bits per heavy atom. The van der Waals surface area contributed by atoms with Crippen molar-refractivity contribution in [2.45, 2.75) is 44.3 Å². The lowest BCUT2D eigenvalue weighted by Crippen LogP contribution is -2.44. The zero-order valence-corrected chi connectivity index (χ0v) is 5.86. The Hall–Kier alpha value is -0.110. The Morgan fingerprint density at radius 2 is 1.89 bits per heavy atom. The summed E-state index contributed by atoms with van der Waals surface area (Å²) in [6, 6.07) is 0. The first-order chi connectivity index (χ1) is 4.15. The molecule has 0 aromatic rings. The molecule has 0 amide bonds. The summed E-state index contributed by atoms with van der Waals surface area (Å²) in [5.74, 6) is 0. The predicted molar refractivity (Wildman–Crippen MR) is 36.0 cm³/mol. The van der Waals surface area contributed by atoms with E-state index >= 15 is 0 Å². The molecule has 1 aliphatic carbocycles. The first-order valence-electron chi connectivity index (χ1n) is 3.58. The zero-order valence-electron chi connectivity index (χ0n) is 5.86. The van der Waals surface area contributed by atoms with E-state index in [1.165, 1.54) is 0 Å². The molecule has 2 N–H and O–H groups in total. The number of hydrogen-bond donors (Lipinski definition) is 1. The Morgan fingerprint density at radius 3 is 2.11 bits per heavy atom. The van der Waals surface area contributed by atoms with Gasteiger partial charge in [-0.2, -0.15) is 0 Å². The van der Waals surface area contributed by atoms with Crippen LogP contribution in [0.4, 0.5) is 4.39 Å². The molecule has 0 heterocycles. The topological polar surface area (TPSA) is 26.0 Å². The van der Waals surface area contributed by atoms with Crippen molar-refractivity contribution >= 4 is 0 Å². The molecule has 0 aliphatic heterocycles. The summed E-state index contributed by atoms with van der Waals surface area (Å²) in [5.41, 5.74) is 5.25. The van der Waals surface area contributed by atoms with Gasteiger partial charge in [0.1, 0.15) is 6.17 Å². The second-order valence-corrected chi connectivity index (χ2v) is 3.06. The fraction of sp³-hybridized carbons (Fsp3) is 1.00. The fourth-order valence-electron chi connectivity index (χ4n) is 1.43. The highest BCUT2D eigenvalue weighted by Gasteiger charge is 2.34. The SMILES string of the molecule is CC(F)C1(N)CCCC1. The van der Waals surface area contributed by atoms with Crippen LogP contribution in [-0.2, 0) is 0 Å². The van der Waals surface area contributed by atoms with Crippen LogP contribution in [0.25, 0.3) is 0 Å². The van der Waals surface area contributed by atoms with Crippen molar-refractivity contribution in [2.24, 2.45) is 5.73 Å². The minimum atomic E-state index is -0.833. The van der Waals surface area contributed by atoms with Gasteiger partial charge < -0.3 is 5.73 Å². The standard InChI is InChI=1S/C7H14FN/c1-6(8)7(9)4-2-3-5-7/h6H,2-5,9H2,1H3. The van der Waals surface area contributed by atoms with E-state index in [-0.39, 0.29) is 0 Å². The van der Waals surface area contributed by atoms with Crippen molar-refractivity contribution in [3.63, 3.8) is 0 Å². The van der Waals surface area contributed by atoms with Gasteiger partial charge in [0.15, 0.2) is 0 Å². The molecule has 0 aromatic heterocycles. The maximum atomic E-state index is 12.7. The average Bonchev–Trinajstić information content (AvgIpc) is 2.16. The minimum absolute atomic E-state index is 0.472. The molecule has 0 radical (unpaired) electrons. The van der Waals surface area contributed by atoms with Crippen molar-refractivity contribution in [3.8, 4) is 0 Å². The quantitative estimate of drug-likeness (QED) is 0.575. The van der Waals surface area contributed by atoms with Gasteiger partial charge in [0, 0.05) is 5.54 Å². The molecule has 1 atom stereocenters. The van der Waals surface area contributed by atoms with E-state index in [1.54, 1.807) is 6.92 Å². The van der Waals surface area contributed by atoms with Crippen LogP contribution in [0.2, 0.25) is 0 Å². The van der Waals surface area contributed by atoms with Crippen molar-refractivity contribution in [1.82, 2.24) is 0 Å². The minimum Gasteiger partial charge on any atom is -0.323 e. The Kier molecular flexibility index (Phi) is 1.75. The summed E-state index contributed by atoms with van der Waals surface area (Å²) in [6.07, 6.45) is 3.10. The van der Waals surface area contributed by atoms with E-state index in [1.807, 2.05) is 0 Å². The molecule has 1 unspecified atom stereocenters. The number of rotatable bonds is 1. The van der Waals surface area contributed by atoms with Crippen LogP contribution in [0.3, 0.4) is 0 Å². The van der Waals surface area contributed by atoms with E-state index in [4.69, 9.17) is 5.73 Å². The van der Waals surface area contributed by atoms with Gasteiger partial charge in [-0.3, -0.25) is 0 Å². The van der Waals surface area contributed by atoms with Crippen LogP contribution >= 0.6 is 0 Å². The molecule has 0 spiro atoms. The predicted octanol–water partition coefficient (Wildman–Crippen LogP) is 1.62. The number of halogens is 1. The molecule has 1 aliphatic rings. The summed E-state index contributed by atoms with van der Waals surface area (Å²) in [6.45, 7) is 1.56.